The van der Waals surface area contributed by atoms with Crippen LogP contribution < -0.4 is 5.32 Å². The largest absolute Gasteiger partial charge is 0.349 e. The maximum absolute atomic E-state index is 12.8. The molecule has 0 radical (unpaired) electrons. The highest BCUT2D eigenvalue weighted by Gasteiger charge is 2.09. The Morgan fingerprint density at radius 1 is 1.50 bits per heavy atom. The predicted molar refractivity (Wildman–Crippen MR) is 66.3 cm³/mol. The number of alkyl halides is 1. The molecule has 0 aliphatic carbocycles. The van der Waals surface area contributed by atoms with Crippen LogP contribution in [0.4, 0.5) is 4.39 Å². The number of rotatable bonds is 4. The second kappa shape index (κ2) is 6.66. The third-order valence-corrected chi connectivity index (χ3v) is 2.65. The second-order valence-electron chi connectivity index (χ2n) is 2.96. The van der Waals surface area contributed by atoms with E-state index in [1.165, 1.54) is 18.2 Å². The van der Waals surface area contributed by atoms with Crippen LogP contribution >= 0.6 is 27.5 Å². The molecule has 1 amide bonds. The Kier molecular flexibility index (Phi) is 5.49. The number of amides is 1. The highest BCUT2D eigenvalue weighted by atomic mass is 79.9. The van der Waals surface area contributed by atoms with Crippen LogP contribution in [0.5, 0.6) is 0 Å². The quantitative estimate of drug-likeness (QED) is 0.672. The third-order valence-electron chi connectivity index (χ3n) is 1.81. The van der Waals surface area contributed by atoms with Crippen molar-refractivity contribution in [3.63, 3.8) is 0 Å². The second-order valence-corrected chi connectivity index (χ2v) is 4.12. The molecule has 0 saturated heterocycles. The predicted octanol–water partition coefficient (Wildman–Crippen LogP) is 3.11. The van der Waals surface area contributed by atoms with Crippen LogP contribution in [0.15, 0.2) is 34.8 Å². The first kappa shape index (κ1) is 13.2. The molecule has 1 aromatic carbocycles. The monoisotopic (exact) mass is 305 g/mol. The van der Waals surface area contributed by atoms with Crippen molar-refractivity contribution < 1.29 is 9.18 Å². The van der Waals surface area contributed by atoms with Crippen LogP contribution in [0.3, 0.4) is 0 Å². The summed E-state index contributed by atoms with van der Waals surface area (Å²) in [6.45, 7) is 0.398. The molecule has 0 aromatic heterocycles. The summed E-state index contributed by atoms with van der Waals surface area (Å²) in [4.78, 5) is 11.6. The number of carbonyl (C=O) groups is 1. The van der Waals surface area contributed by atoms with Crippen molar-refractivity contribution in [2.24, 2.45) is 0 Å². The Morgan fingerprint density at radius 3 is 2.88 bits per heavy atom. The van der Waals surface area contributed by atoms with Crippen molar-refractivity contribution in [2.45, 2.75) is 0 Å². The van der Waals surface area contributed by atoms with E-state index in [1.807, 2.05) is 0 Å². The first-order valence-electron chi connectivity index (χ1n) is 4.59. The molecule has 0 bridgehead atoms. The van der Waals surface area contributed by atoms with Gasteiger partial charge >= 0.3 is 0 Å². The molecule has 1 aromatic rings. The van der Waals surface area contributed by atoms with E-state index in [9.17, 15) is 9.18 Å². The van der Waals surface area contributed by atoms with E-state index in [2.05, 4.69) is 21.2 Å². The maximum atomic E-state index is 12.8. The normalized spacial score (nSPS) is 10.7. The number of benzene rings is 1. The number of nitrogens with one attached hydrogen (secondary N) is 1. The number of hydrogen-bond acceptors (Lipinski definition) is 1. The van der Waals surface area contributed by atoms with E-state index in [0.717, 1.165) is 0 Å². The summed E-state index contributed by atoms with van der Waals surface area (Å²) in [7, 11) is 0. The fourth-order valence-corrected chi connectivity index (χ4v) is 1.72. The van der Waals surface area contributed by atoms with Gasteiger partial charge in [0, 0.05) is 16.9 Å². The van der Waals surface area contributed by atoms with Crippen LogP contribution in [0.25, 0.3) is 0 Å². The maximum Gasteiger partial charge on any atom is 0.252 e. The van der Waals surface area contributed by atoms with Gasteiger partial charge in [0.05, 0.1) is 5.56 Å². The lowest BCUT2D eigenvalue weighted by molar-refractivity contribution is 0.0957. The van der Waals surface area contributed by atoms with Crippen molar-refractivity contribution in [2.75, 3.05) is 12.4 Å². The molecule has 0 fully saturated rings. The van der Waals surface area contributed by atoms with Crippen molar-refractivity contribution >= 4 is 33.4 Å². The molecule has 0 aliphatic heterocycles. The van der Waals surface area contributed by atoms with Crippen LogP contribution in [-0.2, 0) is 0 Å². The lowest BCUT2D eigenvalue weighted by Gasteiger charge is -2.04. The highest BCUT2D eigenvalue weighted by molar-refractivity contribution is 9.10. The zero-order chi connectivity index (χ0) is 12.0. The standard InChI is InChI=1S/C11H10BrClFNO/c12-10-7-8(14)3-4-9(10)11(16)15-6-2-1-5-13/h1-4,7H,5-6H2,(H,15,16)/b2-1+. The van der Waals surface area contributed by atoms with Gasteiger partial charge in [-0.2, -0.15) is 0 Å². The third kappa shape index (κ3) is 3.94. The molecule has 16 heavy (non-hydrogen) atoms. The average Bonchev–Trinajstić information content (AvgIpc) is 2.24. The van der Waals surface area contributed by atoms with E-state index in [0.29, 0.717) is 22.5 Å². The van der Waals surface area contributed by atoms with Gasteiger partial charge in [-0.05, 0) is 34.1 Å². The van der Waals surface area contributed by atoms with E-state index >= 15 is 0 Å². The molecule has 2 nitrogen and oxygen atoms in total. The SMILES string of the molecule is O=C(NC/C=C/CCl)c1ccc(F)cc1Br. The minimum Gasteiger partial charge on any atom is -0.349 e. The molecule has 1 rings (SSSR count). The summed E-state index contributed by atoms with van der Waals surface area (Å²) in [5.74, 6) is -0.229. The minimum absolute atomic E-state index is 0.258. The van der Waals surface area contributed by atoms with Crippen molar-refractivity contribution in [1.29, 1.82) is 0 Å². The van der Waals surface area contributed by atoms with E-state index in [-0.39, 0.29) is 11.7 Å². The topological polar surface area (TPSA) is 29.1 Å². The summed E-state index contributed by atoms with van der Waals surface area (Å²) in [6, 6.07) is 3.93. The summed E-state index contributed by atoms with van der Waals surface area (Å²) in [5.41, 5.74) is 0.403. The lowest BCUT2D eigenvalue weighted by atomic mass is 10.2. The van der Waals surface area contributed by atoms with E-state index < -0.39 is 0 Å². The molecule has 0 spiro atoms. The highest BCUT2D eigenvalue weighted by Crippen LogP contribution is 2.17. The average molecular weight is 307 g/mol. The van der Waals surface area contributed by atoms with Crippen LogP contribution in [0.1, 0.15) is 10.4 Å². The van der Waals surface area contributed by atoms with Crippen molar-refractivity contribution in [3.8, 4) is 0 Å². The van der Waals surface area contributed by atoms with Gasteiger partial charge in [-0.3, -0.25) is 4.79 Å². The Labute approximate surface area is 107 Å². The molecule has 0 aliphatic rings. The smallest absolute Gasteiger partial charge is 0.252 e. The molecule has 1 N–H and O–H groups in total. The molecule has 86 valence electrons. The molecule has 0 unspecified atom stereocenters. The molecular formula is C11H10BrClFNO. The van der Waals surface area contributed by atoms with Gasteiger partial charge in [0.15, 0.2) is 0 Å². The summed E-state index contributed by atoms with van der Waals surface area (Å²) in [6.07, 6.45) is 3.49. The lowest BCUT2D eigenvalue weighted by Crippen LogP contribution is -2.23. The van der Waals surface area contributed by atoms with Gasteiger partial charge in [-0.25, -0.2) is 4.39 Å². The van der Waals surface area contributed by atoms with Gasteiger partial charge in [0.25, 0.3) is 5.91 Å². The fraction of sp³-hybridized carbons (Fsp3) is 0.182. The Morgan fingerprint density at radius 2 is 2.25 bits per heavy atom. The Balaban J connectivity index is 2.63. The van der Waals surface area contributed by atoms with E-state index in [4.69, 9.17) is 11.6 Å². The van der Waals surface area contributed by atoms with Crippen molar-refractivity contribution in [3.05, 3.63) is 46.2 Å². The number of carbonyl (C=O) groups excluding carboxylic acids is 1. The molecular weight excluding hydrogens is 296 g/mol. The van der Waals surface area contributed by atoms with Crippen LogP contribution in [0, 0.1) is 5.82 Å². The number of allylic oxidation sites excluding steroid dienone is 1. The first-order valence-corrected chi connectivity index (χ1v) is 5.92. The molecule has 0 heterocycles. The number of hydrogen-bond donors (Lipinski definition) is 1. The van der Waals surface area contributed by atoms with Crippen molar-refractivity contribution in [1.82, 2.24) is 5.32 Å². The molecule has 0 saturated carbocycles. The van der Waals surface area contributed by atoms with Gasteiger partial charge in [-0.1, -0.05) is 12.2 Å². The van der Waals surface area contributed by atoms with Crippen LogP contribution in [-0.4, -0.2) is 18.3 Å². The fourth-order valence-electron chi connectivity index (χ4n) is 1.07. The number of halogens is 3. The van der Waals surface area contributed by atoms with Gasteiger partial charge in [-0.15, -0.1) is 11.6 Å². The molecule has 0 atom stereocenters. The zero-order valence-electron chi connectivity index (χ0n) is 8.34. The summed E-state index contributed by atoms with van der Waals surface area (Å²) >= 11 is 8.56. The zero-order valence-corrected chi connectivity index (χ0v) is 10.7. The molecule has 5 heteroatoms. The van der Waals surface area contributed by atoms with E-state index in [1.54, 1.807) is 12.2 Å². The van der Waals surface area contributed by atoms with Gasteiger partial charge in [0.2, 0.25) is 0 Å². The van der Waals surface area contributed by atoms with Gasteiger partial charge in [0.1, 0.15) is 5.82 Å². The van der Waals surface area contributed by atoms with Gasteiger partial charge < -0.3 is 5.32 Å². The first-order chi connectivity index (χ1) is 7.65. The summed E-state index contributed by atoms with van der Waals surface area (Å²) in [5, 5.41) is 2.66. The van der Waals surface area contributed by atoms with Crippen LogP contribution in [0.2, 0.25) is 0 Å². The summed E-state index contributed by atoms with van der Waals surface area (Å²) < 4.78 is 13.2. The Hall–Kier alpha value is -0.870. The Bertz CT molecular complexity index is 409. The minimum atomic E-state index is -0.384.